The molecular weight excluding hydrogens is 338 g/mol. The molecule has 3 rings (SSSR count). The van der Waals surface area contributed by atoms with Gasteiger partial charge in [-0.15, -0.1) is 0 Å². The summed E-state index contributed by atoms with van der Waals surface area (Å²) in [7, 11) is 1.42. The van der Waals surface area contributed by atoms with E-state index in [-0.39, 0.29) is 5.97 Å². The van der Waals surface area contributed by atoms with E-state index in [4.69, 9.17) is 9.57 Å². The number of nitrogens with one attached hydrogen (secondary N) is 1. The maximum atomic E-state index is 12.3. The molecule has 0 aliphatic heterocycles. The van der Waals surface area contributed by atoms with Gasteiger partial charge in [-0.3, -0.25) is 10.3 Å². The second kappa shape index (κ2) is 9.56. The fraction of sp³-hybridized carbons (Fsp3) is 0.435. The highest BCUT2D eigenvalue weighted by molar-refractivity contribution is 6.05. The van der Waals surface area contributed by atoms with E-state index in [1.807, 2.05) is 36.6 Å². The Kier molecular flexibility index (Phi) is 6.88. The molecule has 1 aromatic carbocycles. The van der Waals surface area contributed by atoms with Gasteiger partial charge in [-0.05, 0) is 48.8 Å². The van der Waals surface area contributed by atoms with Crippen molar-refractivity contribution in [3.05, 3.63) is 64.9 Å². The van der Waals surface area contributed by atoms with Gasteiger partial charge in [0, 0.05) is 11.8 Å². The third-order valence-electron chi connectivity index (χ3n) is 5.39. The zero-order chi connectivity index (χ0) is 19.1. The molecule has 1 saturated carbocycles. The van der Waals surface area contributed by atoms with Gasteiger partial charge in [-0.1, -0.05) is 55.7 Å². The number of allylic oxidation sites excluding steroid dienone is 3. The van der Waals surface area contributed by atoms with Crippen molar-refractivity contribution < 1.29 is 14.4 Å². The summed E-state index contributed by atoms with van der Waals surface area (Å²) >= 11 is 0. The molecule has 0 aromatic heterocycles. The first-order chi connectivity index (χ1) is 13.2. The van der Waals surface area contributed by atoms with E-state index in [9.17, 15) is 4.79 Å². The monoisotopic (exact) mass is 367 g/mol. The summed E-state index contributed by atoms with van der Waals surface area (Å²) in [5.74, 6) is 0.325. The molecule has 0 saturated heterocycles. The van der Waals surface area contributed by atoms with Crippen LogP contribution in [0.15, 0.2) is 53.8 Å². The Bertz CT molecular complexity index is 755. The molecule has 0 amide bonds. The van der Waals surface area contributed by atoms with Crippen LogP contribution in [0, 0.1) is 12.8 Å². The molecule has 4 nitrogen and oxygen atoms in total. The molecule has 144 valence electrons. The van der Waals surface area contributed by atoms with Gasteiger partial charge < -0.3 is 4.74 Å². The van der Waals surface area contributed by atoms with Crippen LogP contribution in [0.5, 0.6) is 0 Å². The second-order valence-corrected chi connectivity index (χ2v) is 7.30. The van der Waals surface area contributed by atoms with Gasteiger partial charge in [0.05, 0.1) is 19.3 Å². The summed E-state index contributed by atoms with van der Waals surface area (Å²) in [6.45, 7) is 2.78. The summed E-state index contributed by atoms with van der Waals surface area (Å²) in [6.07, 6.45) is 12.9. The Balaban J connectivity index is 1.80. The molecule has 2 aliphatic rings. The van der Waals surface area contributed by atoms with Crippen molar-refractivity contribution in [1.82, 2.24) is 5.48 Å². The largest absolute Gasteiger partial charge is 0.465 e. The number of carbonyl (C=O) groups excluding carboxylic acids is 1. The van der Waals surface area contributed by atoms with Gasteiger partial charge >= 0.3 is 5.97 Å². The van der Waals surface area contributed by atoms with E-state index in [1.54, 1.807) is 0 Å². The predicted octanol–water partition coefficient (Wildman–Crippen LogP) is 4.87. The van der Waals surface area contributed by atoms with E-state index in [2.05, 4.69) is 18.5 Å². The van der Waals surface area contributed by atoms with E-state index in [0.717, 1.165) is 35.3 Å². The highest BCUT2D eigenvalue weighted by Gasteiger charge is 2.22. The number of ether oxygens (including phenoxy) is 1. The van der Waals surface area contributed by atoms with E-state index >= 15 is 0 Å². The Morgan fingerprint density at radius 1 is 1.22 bits per heavy atom. The summed E-state index contributed by atoms with van der Waals surface area (Å²) in [4.78, 5) is 18.1. The van der Waals surface area contributed by atoms with Crippen molar-refractivity contribution in [2.24, 2.45) is 5.92 Å². The predicted molar refractivity (Wildman–Crippen MR) is 108 cm³/mol. The van der Waals surface area contributed by atoms with Crippen LogP contribution in [0.3, 0.4) is 0 Å². The van der Waals surface area contributed by atoms with E-state index in [1.165, 1.54) is 39.2 Å². The number of rotatable bonds is 6. The van der Waals surface area contributed by atoms with Crippen LogP contribution in [0.4, 0.5) is 0 Å². The summed E-state index contributed by atoms with van der Waals surface area (Å²) in [5, 5.41) is 0. The molecule has 2 aliphatic carbocycles. The van der Waals surface area contributed by atoms with E-state index in [0.29, 0.717) is 11.5 Å². The molecule has 0 unspecified atom stereocenters. The zero-order valence-corrected chi connectivity index (χ0v) is 16.3. The standard InChI is InChI=1S/C23H29NO3/c1-17-9-6-7-13-20(17)22-19(12-8-14-21(22)23(25)26-2)15-24-27-16-18-10-4-3-5-11-18/h6-9,13-15,18,24H,3-5,10-12,16H2,1-2H3. The number of benzene rings is 1. The second-order valence-electron chi connectivity index (χ2n) is 7.30. The first kappa shape index (κ1) is 19.4. The zero-order valence-electron chi connectivity index (χ0n) is 16.3. The summed E-state index contributed by atoms with van der Waals surface area (Å²) in [5.41, 5.74) is 7.70. The molecule has 1 aromatic rings. The highest BCUT2D eigenvalue weighted by Crippen LogP contribution is 2.35. The van der Waals surface area contributed by atoms with Crippen molar-refractivity contribution in [2.45, 2.75) is 45.4 Å². The smallest absolute Gasteiger partial charge is 0.338 e. The molecule has 1 N–H and O–H groups in total. The van der Waals surface area contributed by atoms with Crippen LogP contribution in [0.25, 0.3) is 5.57 Å². The van der Waals surface area contributed by atoms with Crippen LogP contribution in [0.2, 0.25) is 0 Å². The van der Waals surface area contributed by atoms with Crippen molar-refractivity contribution in [3.63, 3.8) is 0 Å². The lowest BCUT2D eigenvalue weighted by Gasteiger charge is -2.22. The van der Waals surface area contributed by atoms with Gasteiger partial charge in [0.15, 0.2) is 0 Å². The molecule has 0 atom stereocenters. The summed E-state index contributed by atoms with van der Waals surface area (Å²) < 4.78 is 5.01. The quantitative estimate of drug-likeness (QED) is 0.443. The van der Waals surface area contributed by atoms with E-state index < -0.39 is 0 Å². The molecule has 0 spiro atoms. The molecule has 0 radical (unpaired) electrons. The highest BCUT2D eigenvalue weighted by atomic mass is 16.6. The number of esters is 1. The average Bonchev–Trinajstić information content (AvgIpc) is 2.72. The lowest BCUT2D eigenvalue weighted by Crippen LogP contribution is -2.19. The average molecular weight is 367 g/mol. The van der Waals surface area contributed by atoms with Gasteiger partial charge in [0.2, 0.25) is 0 Å². The number of carbonyl (C=O) groups is 1. The Hall–Kier alpha value is -2.33. The SMILES string of the molecule is COC(=O)C1=C(c2ccccc2C)C(=CNOCC2CCCCC2)CC=C1. The fourth-order valence-electron chi connectivity index (χ4n) is 3.88. The minimum absolute atomic E-state index is 0.321. The topological polar surface area (TPSA) is 47.6 Å². The van der Waals surface area contributed by atoms with Crippen LogP contribution in [-0.4, -0.2) is 19.7 Å². The van der Waals surface area contributed by atoms with Crippen molar-refractivity contribution in [2.75, 3.05) is 13.7 Å². The van der Waals surface area contributed by atoms with Crippen molar-refractivity contribution in [1.29, 1.82) is 0 Å². The van der Waals surface area contributed by atoms with Crippen LogP contribution in [-0.2, 0) is 14.4 Å². The maximum Gasteiger partial charge on any atom is 0.338 e. The number of hydroxylamine groups is 1. The van der Waals surface area contributed by atoms with Crippen LogP contribution >= 0.6 is 0 Å². The molecule has 0 heterocycles. The minimum Gasteiger partial charge on any atom is -0.465 e. The Morgan fingerprint density at radius 3 is 2.74 bits per heavy atom. The number of methoxy groups -OCH3 is 1. The molecule has 1 fully saturated rings. The molecule has 27 heavy (non-hydrogen) atoms. The Labute approximate surface area is 161 Å². The van der Waals surface area contributed by atoms with Gasteiger partial charge in [0.1, 0.15) is 0 Å². The number of hydrogen-bond donors (Lipinski definition) is 1. The molecule has 0 bridgehead atoms. The van der Waals surface area contributed by atoms with Crippen molar-refractivity contribution >= 4 is 11.5 Å². The maximum absolute atomic E-state index is 12.3. The number of aryl methyl sites for hydroxylation is 1. The third kappa shape index (κ3) is 4.89. The molecule has 4 heteroatoms. The first-order valence-electron chi connectivity index (χ1n) is 9.82. The van der Waals surface area contributed by atoms with Gasteiger partial charge in [0.25, 0.3) is 0 Å². The number of hydrogen-bond acceptors (Lipinski definition) is 4. The van der Waals surface area contributed by atoms with Crippen molar-refractivity contribution in [3.8, 4) is 0 Å². The third-order valence-corrected chi connectivity index (χ3v) is 5.39. The van der Waals surface area contributed by atoms with Gasteiger partial charge in [-0.25, -0.2) is 4.79 Å². The minimum atomic E-state index is -0.321. The van der Waals surface area contributed by atoms with Crippen LogP contribution in [0.1, 0.15) is 49.7 Å². The summed E-state index contributed by atoms with van der Waals surface area (Å²) in [6, 6.07) is 8.10. The van der Waals surface area contributed by atoms with Gasteiger partial charge in [-0.2, -0.15) is 0 Å². The first-order valence-corrected chi connectivity index (χ1v) is 9.82. The normalized spacial score (nSPS) is 19.4. The molecular formula is C23H29NO3. The fourth-order valence-corrected chi connectivity index (χ4v) is 3.88. The lowest BCUT2D eigenvalue weighted by atomic mass is 9.86. The Morgan fingerprint density at radius 2 is 2.00 bits per heavy atom. The lowest BCUT2D eigenvalue weighted by molar-refractivity contribution is -0.135. The van der Waals surface area contributed by atoms with Crippen LogP contribution < -0.4 is 5.48 Å².